The van der Waals surface area contributed by atoms with Crippen LogP contribution in [0.3, 0.4) is 0 Å². The summed E-state index contributed by atoms with van der Waals surface area (Å²) in [5, 5.41) is 0.641. The molecule has 0 unspecified atom stereocenters. The second-order valence-corrected chi connectivity index (χ2v) is 6.50. The monoisotopic (exact) mass is 274 g/mol. The molecular formula is C11H15ClN2O2S. The molecule has 0 fully saturated rings. The molecule has 1 aliphatic rings. The number of anilines is 1. The van der Waals surface area contributed by atoms with Crippen LogP contribution in [0, 0.1) is 0 Å². The fraction of sp³-hybridized carbons (Fsp3) is 0.455. The molecule has 0 aromatic heterocycles. The normalized spacial score (nSPS) is 15.8. The lowest BCUT2D eigenvalue weighted by Crippen LogP contribution is -2.38. The van der Waals surface area contributed by atoms with Crippen molar-refractivity contribution in [2.24, 2.45) is 5.73 Å². The molecule has 2 rings (SSSR count). The molecule has 6 heteroatoms. The summed E-state index contributed by atoms with van der Waals surface area (Å²) >= 11 is 5.91. The van der Waals surface area contributed by atoms with Gasteiger partial charge in [-0.05, 0) is 36.6 Å². The third-order valence-electron chi connectivity index (χ3n) is 2.83. The molecule has 0 aliphatic carbocycles. The van der Waals surface area contributed by atoms with Crippen molar-refractivity contribution in [2.45, 2.75) is 12.8 Å². The Morgan fingerprint density at radius 3 is 2.88 bits per heavy atom. The highest BCUT2D eigenvalue weighted by Crippen LogP contribution is 2.31. The van der Waals surface area contributed by atoms with Gasteiger partial charge in [-0.2, -0.15) is 0 Å². The predicted octanol–water partition coefficient (Wildman–Crippen LogP) is 1.38. The summed E-state index contributed by atoms with van der Waals surface area (Å²) in [5.41, 5.74) is 7.07. The molecule has 0 saturated carbocycles. The van der Waals surface area contributed by atoms with Crippen molar-refractivity contribution in [3.8, 4) is 0 Å². The highest BCUT2D eigenvalue weighted by atomic mass is 35.5. The summed E-state index contributed by atoms with van der Waals surface area (Å²) in [4.78, 5) is 0. The number of aryl methyl sites for hydroxylation is 1. The number of halogens is 1. The van der Waals surface area contributed by atoms with Crippen LogP contribution < -0.4 is 10.0 Å². The van der Waals surface area contributed by atoms with Crippen LogP contribution in [0.4, 0.5) is 5.69 Å². The van der Waals surface area contributed by atoms with Crippen LogP contribution in [-0.4, -0.2) is 27.3 Å². The van der Waals surface area contributed by atoms with Crippen molar-refractivity contribution in [3.05, 3.63) is 28.8 Å². The topological polar surface area (TPSA) is 63.4 Å². The first-order valence-electron chi connectivity index (χ1n) is 5.53. The number of fused-ring (bicyclic) bond motifs is 1. The molecule has 0 bridgehead atoms. The van der Waals surface area contributed by atoms with Crippen LogP contribution in [0.1, 0.15) is 12.0 Å². The van der Waals surface area contributed by atoms with Gasteiger partial charge in [0, 0.05) is 18.1 Å². The summed E-state index contributed by atoms with van der Waals surface area (Å²) < 4.78 is 25.5. The van der Waals surface area contributed by atoms with Crippen molar-refractivity contribution in [3.63, 3.8) is 0 Å². The van der Waals surface area contributed by atoms with Crippen molar-refractivity contribution in [1.82, 2.24) is 0 Å². The molecule has 0 amide bonds. The molecule has 1 aromatic carbocycles. The Morgan fingerprint density at radius 1 is 1.41 bits per heavy atom. The van der Waals surface area contributed by atoms with E-state index in [1.165, 1.54) is 4.31 Å². The molecule has 1 heterocycles. The van der Waals surface area contributed by atoms with Crippen molar-refractivity contribution in [2.75, 3.05) is 23.1 Å². The maximum Gasteiger partial charge on any atom is 0.236 e. The maximum atomic E-state index is 12.0. The zero-order valence-corrected chi connectivity index (χ0v) is 11.0. The minimum absolute atomic E-state index is 0.0188. The Balaban J connectivity index is 2.42. The molecule has 17 heavy (non-hydrogen) atoms. The Morgan fingerprint density at radius 2 is 2.18 bits per heavy atom. The molecule has 0 saturated heterocycles. The van der Waals surface area contributed by atoms with Gasteiger partial charge in [0.2, 0.25) is 10.0 Å². The van der Waals surface area contributed by atoms with Crippen LogP contribution >= 0.6 is 11.6 Å². The summed E-state index contributed by atoms with van der Waals surface area (Å²) in [7, 11) is -3.29. The number of nitrogens with two attached hydrogens (primary N) is 1. The van der Waals surface area contributed by atoms with Gasteiger partial charge in [-0.3, -0.25) is 4.31 Å². The fourth-order valence-electron chi connectivity index (χ4n) is 2.08. The lowest BCUT2D eigenvalue weighted by molar-refractivity contribution is 0.586. The van der Waals surface area contributed by atoms with E-state index in [0.29, 0.717) is 11.6 Å². The highest BCUT2D eigenvalue weighted by Gasteiger charge is 2.26. The van der Waals surface area contributed by atoms with Gasteiger partial charge in [-0.25, -0.2) is 8.42 Å². The maximum absolute atomic E-state index is 12.0. The van der Waals surface area contributed by atoms with E-state index in [0.717, 1.165) is 24.1 Å². The zero-order chi connectivity index (χ0) is 12.5. The summed E-state index contributed by atoms with van der Waals surface area (Å²) in [6, 6.07) is 5.32. The van der Waals surface area contributed by atoms with E-state index in [9.17, 15) is 8.42 Å². The first-order chi connectivity index (χ1) is 8.04. The Hall–Kier alpha value is -0.780. The van der Waals surface area contributed by atoms with Crippen LogP contribution in [-0.2, 0) is 16.4 Å². The first-order valence-corrected chi connectivity index (χ1v) is 7.52. The number of hydrogen-bond acceptors (Lipinski definition) is 3. The average molecular weight is 275 g/mol. The van der Waals surface area contributed by atoms with E-state index in [1.54, 1.807) is 12.1 Å². The largest absolute Gasteiger partial charge is 0.329 e. The standard InChI is InChI=1S/C11H15ClN2O2S/c12-10-3-4-11-9(8-10)2-1-6-14(11)17(15,16)7-5-13/h3-4,8H,1-2,5-7,13H2. The molecule has 0 atom stereocenters. The summed E-state index contributed by atoms with van der Waals surface area (Å²) in [5.74, 6) is -0.0188. The van der Waals surface area contributed by atoms with E-state index in [1.807, 2.05) is 6.07 Å². The van der Waals surface area contributed by atoms with Gasteiger partial charge >= 0.3 is 0 Å². The molecule has 4 nitrogen and oxygen atoms in total. The van der Waals surface area contributed by atoms with Gasteiger partial charge in [-0.15, -0.1) is 0 Å². The minimum atomic E-state index is -3.29. The van der Waals surface area contributed by atoms with E-state index in [-0.39, 0.29) is 12.3 Å². The van der Waals surface area contributed by atoms with Gasteiger partial charge in [-0.1, -0.05) is 11.6 Å². The van der Waals surface area contributed by atoms with Crippen molar-refractivity contribution >= 4 is 27.3 Å². The molecule has 2 N–H and O–H groups in total. The number of sulfonamides is 1. The first kappa shape index (κ1) is 12.7. The number of nitrogens with zero attached hydrogens (tertiary/aromatic N) is 1. The average Bonchev–Trinajstić information content (AvgIpc) is 2.27. The van der Waals surface area contributed by atoms with E-state index < -0.39 is 10.0 Å². The Labute approximate surface area is 106 Å². The van der Waals surface area contributed by atoms with Gasteiger partial charge in [0.15, 0.2) is 0 Å². The van der Waals surface area contributed by atoms with Crippen LogP contribution in [0.15, 0.2) is 18.2 Å². The number of hydrogen-bond donors (Lipinski definition) is 1. The molecule has 0 radical (unpaired) electrons. The third-order valence-corrected chi connectivity index (χ3v) is 4.87. The van der Waals surface area contributed by atoms with Crippen LogP contribution in [0.5, 0.6) is 0 Å². The third kappa shape index (κ3) is 2.56. The van der Waals surface area contributed by atoms with Gasteiger partial charge in [0.25, 0.3) is 0 Å². The molecule has 1 aliphatic heterocycles. The number of rotatable bonds is 3. The van der Waals surface area contributed by atoms with E-state index in [2.05, 4.69) is 0 Å². The van der Waals surface area contributed by atoms with Gasteiger partial charge < -0.3 is 5.73 Å². The smallest absolute Gasteiger partial charge is 0.236 e. The molecular weight excluding hydrogens is 260 g/mol. The minimum Gasteiger partial charge on any atom is -0.329 e. The zero-order valence-electron chi connectivity index (χ0n) is 9.39. The van der Waals surface area contributed by atoms with E-state index in [4.69, 9.17) is 17.3 Å². The Kier molecular flexibility index (Phi) is 3.61. The van der Waals surface area contributed by atoms with Crippen molar-refractivity contribution in [1.29, 1.82) is 0 Å². The lowest BCUT2D eigenvalue weighted by Gasteiger charge is -2.30. The summed E-state index contributed by atoms with van der Waals surface area (Å²) in [6.45, 7) is 0.665. The fourth-order valence-corrected chi connectivity index (χ4v) is 3.68. The SMILES string of the molecule is NCCS(=O)(=O)N1CCCc2cc(Cl)ccc21. The Bertz CT molecular complexity index is 516. The van der Waals surface area contributed by atoms with E-state index >= 15 is 0 Å². The van der Waals surface area contributed by atoms with Gasteiger partial charge in [0.1, 0.15) is 0 Å². The lowest BCUT2D eigenvalue weighted by atomic mass is 10.0. The molecule has 1 aromatic rings. The van der Waals surface area contributed by atoms with Gasteiger partial charge in [0.05, 0.1) is 11.4 Å². The predicted molar refractivity (Wildman–Crippen MR) is 70.0 cm³/mol. The summed E-state index contributed by atoms with van der Waals surface area (Å²) in [6.07, 6.45) is 1.68. The second kappa shape index (κ2) is 4.84. The second-order valence-electron chi connectivity index (χ2n) is 4.05. The number of benzene rings is 1. The highest BCUT2D eigenvalue weighted by molar-refractivity contribution is 7.92. The molecule has 94 valence electrons. The molecule has 0 spiro atoms. The van der Waals surface area contributed by atoms with Crippen LogP contribution in [0.2, 0.25) is 5.02 Å². The van der Waals surface area contributed by atoms with Crippen molar-refractivity contribution < 1.29 is 8.42 Å². The quantitative estimate of drug-likeness (QED) is 0.906. The van der Waals surface area contributed by atoms with Crippen LogP contribution in [0.25, 0.3) is 0 Å².